The summed E-state index contributed by atoms with van der Waals surface area (Å²) in [4.78, 5) is 40.6. The molecule has 0 saturated heterocycles. The van der Waals surface area contributed by atoms with Crippen molar-refractivity contribution in [2.24, 2.45) is 26.8 Å². The number of rotatable bonds is 11. The highest BCUT2D eigenvalue weighted by Gasteiger charge is 2.23. The van der Waals surface area contributed by atoms with E-state index in [4.69, 9.17) is 11.5 Å². The molecule has 6 N–H and O–H groups in total. The molecule has 0 fully saturated rings. The van der Waals surface area contributed by atoms with Crippen molar-refractivity contribution in [1.29, 1.82) is 0 Å². The first kappa shape index (κ1) is 24.0. The lowest BCUT2D eigenvalue weighted by molar-refractivity contribution is -0.142. The summed E-state index contributed by atoms with van der Waals surface area (Å²) in [5.41, 5.74) is 11.3. The molecule has 0 aromatic heterocycles. The van der Waals surface area contributed by atoms with Gasteiger partial charge in [0.05, 0.1) is 5.69 Å². The Balaban J connectivity index is 2.10. The van der Waals surface area contributed by atoms with Gasteiger partial charge in [-0.2, -0.15) is 0 Å². The Morgan fingerprint density at radius 1 is 1.00 bits per heavy atom. The second-order valence-electron chi connectivity index (χ2n) is 6.66. The molecule has 0 heterocycles. The summed E-state index contributed by atoms with van der Waals surface area (Å²) < 4.78 is 0. The molecule has 1 unspecified atom stereocenters. The van der Waals surface area contributed by atoms with Crippen LogP contribution in [-0.4, -0.2) is 53.0 Å². The molecule has 168 valence electrons. The number of aliphatic carboxylic acids is 1. The lowest BCUT2D eigenvalue weighted by Gasteiger charge is -2.18. The maximum absolute atomic E-state index is 12.8. The van der Waals surface area contributed by atoms with Crippen LogP contribution >= 0.6 is 0 Å². The average Bonchev–Trinajstić information content (AvgIpc) is 2.79. The zero-order valence-electron chi connectivity index (χ0n) is 17.3. The van der Waals surface area contributed by atoms with Crippen LogP contribution < -0.4 is 16.8 Å². The summed E-state index contributed by atoms with van der Waals surface area (Å²) in [7, 11) is 0. The molecule has 0 aliphatic heterocycles. The number of carbonyl (C=O) groups excluding carboxylic acids is 2. The van der Waals surface area contributed by atoms with Crippen molar-refractivity contribution in [3.8, 4) is 0 Å². The molecule has 11 nitrogen and oxygen atoms in total. The number of aliphatic imine (C=N–C) groups is 1. The Bertz CT molecular complexity index is 961. The number of carboxylic acids is 1. The summed E-state index contributed by atoms with van der Waals surface area (Å²) in [5, 5.41) is 20.6. The third-order valence-electron chi connectivity index (χ3n) is 4.15. The summed E-state index contributed by atoms with van der Waals surface area (Å²) >= 11 is 0. The number of nitrogens with zero attached hydrogens (tertiary/aromatic N) is 4. The van der Waals surface area contributed by atoms with E-state index in [-0.39, 0.29) is 18.9 Å². The Labute approximate surface area is 184 Å². The number of hydrogen-bond acceptors (Lipinski definition) is 6. The quantitative estimate of drug-likeness (QED) is 0.135. The molecule has 2 aromatic carbocycles. The van der Waals surface area contributed by atoms with Gasteiger partial charge in [0.2, 0.25) is 5.91 Å². The lowest BCUT2D eigenvalue weighted by atomic mass is 10.1. The van der Waals surface area contributed by atoms with Gasteiger partial charge in [0.15, 0.2) is 5.96 Å². The third-order valence-corrected chi connectivity index (χ3v) is 4.15. The van der Waals surface area contributed by atoms with E-state index < -0.39 is 30.4 Å². The van der Waals surface area contributed by atoms with Gasteiger partial charge < -0.3 is 21.9 Å². The van der Waals surface area contributed by atoms with Crippen LogP contribution in [0.2, 0.25) is 0 Å². The zero-order chi connectivity index (χ0) is 23.3. The van der Waals surface area contributed by atoms with Gasteiger partial charge in [-0.25, -0.2) is 9.80 Å². The summed E-state index contributed by atoms with van der Waals surface area (Å²) in [5.74, 6) is -2.56. The van der Waals surface area contributed by atoms with Gasteiger partial charge in [0.1, 0.15) is 12.6 Å². The molecular formula is C21H25N7O4. The highest BCUT2D eigenvalue weighted by molar-refractivity contribution is 5.96. The average molecular weight is 439 g/mol. The first-order valence-corrected chi connectivity index (χ1v) is 9.78. The fourth-order valence-corrected chi connectivity index (χ4v) is 2.61. The highest BCUT2D eigenvalue weighted by Crippen LogP contribution is 2.13. The Morgan fingerprint density at radius 3 is 2.22 bits per heavy atom. The topological polar surface area (TPSA) is 176 Å². The molecule has 1 atom stereocenters. The van der Waals surface area contributed by atoms with Crippen molar-refractivity contribution in [2.75, 3.05) is 13.1 Å². The van der Waals surface area contributed by atoms with E-state index in [0.717, 1.165) is 5.01 Å². The molecule has 2 amide bonds. The largest absolute Gasteiger partial charge is 0.480 e. The fraction of sp³-hybridized carbons (Fsp3) is 0.238. The summed E-state index contributed by atoms with van der Waals surface area (Å²) in [6.45, 7) is -0.284. The molecular weight excluding hydrogens is 414 g/mol. The van der Waals surface area contributed by atoms with Crippen LogP contribution in [0.25, 0.3) is 0 Å². The predicted molar refractivity (Wildman–Crippen MR) is 118 cm³/mol. The second-order valence-corrected chi connectivity index (χ2v) is 6.66. The number of amides is 2. The second kappa shape index (κ2) is 12.4. The first-order valence-electron chi connectivity index (χ1n) is 9.78. The normalized spacial score (nSPS) is 11.5. The number of carboxylic acid groups (broad SMARTS) is 1. The van der Waals surface area contributed by atoms with Gasteiger partial charge in [-0.15, -0.1) is 5.11 Å². The van der Waals surface area contributed by atoms with E-state index in [2.05, 4.69) is 20.6 Å². The number of guanidine groups is 1. The van der Waals surface area contributed by atoms with Crippen molar-refractivity contribution < 1.29 is 19.5 Å². The standard InChI is InChI=1S/C21H25N7O4/c22-21(23)24-13-7-12-17(20(31)32)25-18(29)14-28(19(30)15-8-3-1-4-9-15)27-26-16-10-5-2-6-11-16/h1-6,8-11,17H,7,12-14H2,(H,25,29)(H,31,32)(H4,22,23,24). The smallest absolute Gasteiger partial charge is 0.326 e. The van der Waals surface area contributed by atoms with E-state index in [9.17, 15) is 19.5 Å². The minimum Gasteiger partial charge on any atom is -0.480 e. The first-order chi connectivity index (χ1) is 15.4. The Morgan fingerprint density at radius 2 is 1.62 bits per heavy atom. The number of carbonyl (C=O) groups is 3. The van der Waals surface area contributed by atoms with Crippen LogP contribution in [-0.2, 0) is 9.59 Å². The minimum absolute atomic E-state index is 0.0974. The molecule has 2 rings (SSSR count). The molecule has 0 aliphatic carbocycles. The van der Waals surface area contributed by atoms with Crippen molar-refractivity contribution in [2.45, 2.75) is 18.9 Å². The van der Waals surface area contributed by atoms with Crippen molar-refractivity contribution in [3.63, 3.8) is 0 Å². The van der Waals surface area contributed by atoms with Crippen molar-refractivity contribution >= 4 is 29.4 Å². The van der Waals surface area contributed by atoms with Crippen molar-refractivity contribution in [3.05, 3.63) is 66.2 Å². The van der Waals surface area contributed by atoms with Gasteiger partial charge in [0, 0.05) is 12.1 Å². The van der Waals surface area contributed by atoms with Gasteiger partial charge >= 0.3 is 5.97 Å². The van der Waals surface area contributed by atoms with Gasteiger partial charge in [-0.05, 0) is 37.1 Å². The van der Waals surface area contributed by atoms with Crippen LogP contribution in [0.4, 0.5) is 5.69 Å². The molecule has 2 aromatic rings. The highest BCUT2D eigenvalue weighted by atomic mass is 16.4. The van der Waals surface area contributed by atoms with E-state index in [1.807, 2.05) is 0 Å². The van der Waals surface area contributed by atoms with E-state index >= 15 is 0 Å². The van der Waals surface area contributed by atoms with E-state index in [1.54, 1.807) is 60.7 Å². The van der Waals surface area contributed by atoms with Crippen LogP contribution in [0.1, 0.15) is 23.2 Å². The summed E-state index contributed by atoms with van der Waals surface area (Å²) in [6.07, 6.45) is 0.450. The van der Waals surface area contributed by atoms with E-state index in [0.29, 0.717) is 17.7 Å². The van der Waals surface area contributed by atoms with E-state index in [1.165, 1.54) is 0 Å². The molecule has 0 bridgehead atoms. The lowest BCUT2D eigenvalue weighted by Crippen LogP contribution is -2.45. The van der Waals surface area contributed by atoms with Gasteiger partial charge in [0.25, 0.3) is 5.91 Å². The summed E-state index contributed by atoms with van der Waals surface area (Å²) in [6, 6.07) is 15.8. The van der Waals surface area contributed by atoms with Crippen LogP contribution in [0.5, 0.6) is 0 Å². The molecule has 11 heteroatoms. The SMILES string of the molecule is NC(N)=NCCCC(NC(=O)CN(N=Nc1ccccc1)C(=O)c1ccccc1)C(=O)O. The van der Waals surface area contributed by atoms with Gasteiger partial charge in [-0.1, -0.05) is 41.6 Å². The van der Waals surface area contributed by atoms with Crippen molar-refractivity contribution in [1.82, 2.24) is 10.3 Å². The third kappa shape index (κ3) is 8.22. The molecule has 32 heavy (non-hydrogen) atoms. The monoisotopic (exact) mass is 439 g/mol. The van der Waals surface area contributed by atoms with Crippen LogP contribution in [0.15, 0.2) is 76.0 Å². The molecule has 0 radical (unpaired) electrons. The Hall–Kier alpha value is -4.28. The number of nitrogens with one attached hydrogen (secondary N) is 1. The van der Waals surface area contributed by atoms with Crippen LogP contribution in [0, 0.1) is 0 Å². The fourth-order valence-electron chi connectivity index (χ4n) is 2.61. The zero-order valence-corrected chi connectivity index (χ0v) is 17.3. The molecule has 0 saturated carbocycles. The Kier molecular flexibility index (Phi) is 9.31. The van der Waals surface area contributed by atoms with Crippen LogP contribution in [0.3, 0.4) is 0 Å². The number of benzene rings is 2. The minimum atomic E-state index is -1.21. The maximum atomic E-state index is 12.8. The molecule has 0 aliphatic rings. The predicted octanol–water partition coefficient (Wildman–Crippen LogP) is 1.45. The number of nitrogens with two attached hydrogens (primary N) is 2. The maximum Gasteiger partial charge on any atom is 0.326 e. The molecule has 0 spiro atoms. The van der Waals surface area contributed by atoms with Gasteiger partial charge in [-0.3, -0.25) is 14.6 Å². The number of hydrogen-bond donors (Lipinski definition) is 4.